The molecule has 0 unspecified atom stereocenters. The van der Waals surface area contributed by atoms with E-state index in [0.29, 0.717) is 41.0 Å². The quantitative estimate of drug-likeness (QED) is 0.563. The van der Waals surface area contributed by atoms with Crippen molar-refractivity contribution in [1.82, 2.24) is 25.2 Å². The Hall–Kier alpha value is -2.17. The third-order valence-electron chi connectivity index (χ3n) is 5.40. The predicted molar refractivity (Wildman–Crippen MR) is 123 cm³/mol. The zero-order chi connectivity index (χ0) is 22.1. The molecule has 0 aliphatic carbocycles. The summed E-state index contributed by atoms with van der Waals surface area (Å²) < 4.78 is 12.1. The molecule has 1 aliphatic heterocycles. The van der Waals surface area contributed by atoms with Crippen LogP contribution >= 0.6 is 35.6 Å². The lowest BCUT2D eigenvalue weighted by molar-refractivity contribution is 0.0238. The molecule has 0 amide bonds. The number of rotatable bonds is 4. The molecule has 0 radical (unpaired) electrons. The van der Waals surface area contributed by atoms with E-state index >= 15 is 0 Å². The molecule has 0 bridgehead atoms. The van der Waals surface area contributed by atoms with E-state index in [0.717, 1.165) is 5.56 Å². The first-order chi connectivity index (χ1) is 14.8. The van der Waals surface area contributed by atoms with Crippen LogP contribution in [-0.4, -0.2) is 39.6 Å². The van der Waals surface area contributed by atoms with Crippen LogP contribution in [-0.2, 0) is 11.3 Å². The Morgan fingerprint density at radius 3 is 2.69 bits per heavy atom. The number of nitrogens with zero attached hydrogens (tertiary/aromatic N) is 3. The van der Waals surface area contributed by atoms with E-state index < -0.39 is 5.76 Å². The van der Waals surface area contributed by atoms with E-state index in [1.54, 1.807) is 26.0 Å². The van der Waals surface area contributed by atoms with Crippen LogP contribution in [0.3, 0.4) is 0 Å². The van der Waals surface area contributed by atoms with Crippen LogP contribution < -0.4 is 16.6 Å². The maximum atomic E-state index is 13.3. The number of aromatic amines is 1. The lowest BCUT2D eigenvalue weighted by Crippen LogP contribution is -2.35. The van der Waals surface area contributed by atoms with Gasteiger partial charge in [0.1, 0.15) is 0 Å². The van der Waals surface area contributed by atoms with Crippen LogP contribution in [0, 0.1) is 19.8 Å². The zero-order valence-electron chi connectivity index (χ0n) is 17.4. The summed E-state index contributed by atoms with van der Waals surface area (Å²) in [5, 5.41) is 12.4. The summed E-state index contributed by atoms with van der Waals surface area (Å²) in [5.41, 5.74) is 2.03. The van der Waals surface area contributed by atoms with Crippen molar-refractivity contribution in [2.45, 2.75) is 26.5 Å². The van der Waals surface area contributed by atoms with Crippen LogP contribution in [0.5, 0.6) is 0 Å². The maximum Gasteiger partial charge on any atom is 0.439 e. The van der Waals surface area contributed by atoms with E-state index in [4.69, 9.17) is 27.9 Å². The summed E-state index contributed by atoms with van der Waals surface area (Å²) in [4.78, 5) is 27.1. The first-order valence-electron chi connectivity index (χ1n) is 9.77. The third-order valence-corrected chi connectivity index (χ3v) is 6.14. The molecular weight excluding hydrogens is 481 g/mol. The molecule has 172 valence electrons. The number of ether oxygens (including phenoxy) is 1. The molecule has 2 atom stereocenters. The minimum atomic E-state index is -0.726. The van der Waals surface area contributed by atoms with E-state index in [9.17, 15) is 9.59 Å². The first-order valence-corrected chi connectivity index (χ1v) is 10.5. The number of halogens is 3. The number of hydrogen-bond acceptors (Lipinski definition) is 7. The number of aryl methyl sites for hydroxylation is 1. The highest BCUT2D eigenvalue weighted by Gasteiger charge is 2.29. The zero-order valence-corrected chi connectivity index (χ0v) is 19.7. The van der Waals surface area contributed by atoms with Gasteiger partial charge in [-0.05, 0) is 37.1 Å². The summed E-state index contributed by atoms with van der Waals surface area (Å²) in [7, 11) is 0. The molecule has 3 aromatic rings. The van der Waals surface area contributed by atoms with Gasteiger partial charge in [0.15, 0.2) is 5.82 Å². The molecule has 3 heterocycles. The summed E-state index contributed by atoms with van der Waals surface area (Å²) >= 11 is 12.3. The average Bonchev–Trinajstić information content (AvgIpc) is 3.02. The fraction of sp³-hybridized carbons (Fsp3) is 0.400. The largest absolute Gasteiger partial charge is 0.439 e. The fourth-order valence-electron chi connectivity index (χ4n) is 3.74. The van der Waals surface area contributed by atoms with E-state index in [2.05, 4.69) is 25.1 Å². The second kappa shape index (κ2) is 10.2. The van der Waals surface area contributed by atoms with Gasteiger partial charge in [-0.25, -0.2) is 9.48 Å². The van der Waals surface area contributed by atoms with Crippen molar-refractivity contribution < 1.29 is 9.26 Å². The van der Waals surface area contributed by atoms with Gasteiger partial charge < -0.3 is 10.1 Å². The van der Waals surface area contributed by atoms with Crippen LogP contribution in [0.2, 0.25) is 10.0 Å². The van der Waals surface area contributed by atoms with Crippen molar-refractivity contribution >= 4 is 35.6 Å². The molecular formula is C20H22Cl3N5O4. The molecule has 12 heteroatoms. The normalized spacial score (nSPS) is 18.8. The molecule has 2 aromatic heterocycles. The Bertz CT molecular complexity index is 1220. The van der Waals surface area contributed by atoms with Gasteiger partial charge in [0.25, 0.3) is 5.56 Å². The Kier molecular flexibility index (Phi) is 7.79. The van der Waals surface area contributed by atoms with Crippen molar-refractivity contribution in [2.75, 3.05) is 19.7 Å². The number of aromatic nitrogens is 4. The minimum Gasteiger partial charge on any atom is -0.372 e. The Labute approximate surface area is 199 Å². The topological polar surface area (TPSA) is 115 Å². The lowest BCUT2D eigenvalue weighted by atomic mass is 9.95. The molecule has 32 heavy (non-hydrogen) atoms. The number of nitrogens with one attached hydrogen (secondary N) is 2. The Balaban J connectivity index is 0.00000289. The third kappa shape index (κ3) is 4.92. The minimum absolute atomic E-state index is 0. The summed E-state index contributed by atoms with van der Waals surface area (Å²) in [6.07, 6.45) is -0.310. The van der Waals surface area contributed by atoms with Gasteiger partial charge >= 0.3 is 5.76 Å². The van der Waals surface area contributed by atoms with E-state index in [1.807, 2.05) is 6.07 Å². The molecule has 2 N–H and O–H groups in total. The van der Waals surface area contributed by atoms with E-state index in [-0.39, 0.29) is 47.9 Å². The monoisotopic (exact) mass is 501 g/mol. The van der Waals surface area contributed by atoms with E-state index in [1.165, 1.54) is 4.68 Å². The SMILES string of the molecule is Cc1nn(C[C@@H]2CNCCO[C@H]2c2ccc(Cl)c(Cl)c2)c(=O)c(-c2noc(=O)[nH]2)c1C.Cl. The van der Waals surface area contributed by atoms with Gasteiger partial charge in [0.2, 0.25) is 0 Å². The second-order valence-corrected chi connectivity index (χ2v) is 8.26. The molecule has 0 spiro atoms. The molecule has 0 saturated carbocycles. The standard InChI is InChI=1S/C20H21Cl2N5O4.ClH/c1-10-11(2)25-27(19(28)16(10)18-24-20(29)31-26-18)9-13-8-23-5-6-30-17(13)12-3-4-14(21)15(22)7-12;/h3-4,7,13,17,23H,5-6,8-9H2,1-2H3,(H,24,26,29);1H/t13-,17-;/m0./s1. The summed E-state index contributed by atoms with van der Waals surface area (Å²) in [6, 6.07) is 5.39. The molecule has 1 aliphatic rings. The summed E-state index contributed by atoms with van der Waals surface area (Å²) in [5.74, 6) is -0.754. The van der Waals surface area contributed by atoms with Crippen molar-refractivity contribution in [1.29, 1.82) is 0 Å². The number of benzene rings is 1. The molecule has 1 aromatic carbocycles. The lowest BCUT2D eigenvalue weighted by Gasteiger charge is -2.26. The second-order valence-electron chi connectivity index (χ2n) is 7.45. The first kappa shape index (κ1) is 24.5. The smallest absolute Gasteiger partial charge is 0.372 e. The van der Waals surface area contributed by atoms with Crippen LogP contribution in [0.15, 0.2) is 32.3 Å². The predicted octanol–water partition coefficient (Wildman–Crippen LogP) is 2.91. The molecule has 9 nitrogen and oxygen atoms in total. The van der Waals surface area contributed by atoms with Crippen LogP contribution in [0.25, 0.3) is 11.4 Å². The average molecular weight is 503 g/mol. The van der Waals surface area contributed by atoms with Gasteiger partial charge in [-0.2, -0.15) is 5.10 Å². The van der Waals surface area contributed by atoms with Crippen LogP contribution in [0.4, 0.5) is 0 Å². The Morgan fingerprint density at radius 2 is 2.00 bits per heavy atom. The van der Waals surface area contributed by atoms with Gasteiger partial charge in [0, 0.05) is 19.0 Å². The van der Waals surface area contributed by atoms with Gasteiger partial charge in [0.05, 0.1) is 40.6 Å². The molecule has 4 rings (SSSR count). The molecule has 1 fully saturated rings. The highest BCUT2D eigenvalue weighted by molar-refractivity contribution is 6.42. The maximum absolute atomic E-state index is 13.3. The van der Waals surface area contributed by atoms with Gasteiger partial charge in [-0.1, -0.05) is 34.4 Å². The van der Waals surface area contributed by atoms with Crippen molar-refractivity contribution in [3.63, 3.8) is 0 Å². The highest BCUT2D eigenvalue weighted by atomic mass is 35.5. The summed E-state index contributed by atoms with van der Waals surface area (Å²) in [6.45, 7) is 5.66. The van der Waals surface area contributed by atoms with Crippen molar-refractivity contribution in [3.8, 4) is 11.4 Å². The van der Waals surface area contributed by atoms with Crippen LogP contribution in [0.1, 0.15) is 22.9 Å². The molecule has 1 saturated heterocycles. The van der Waals surface area contributed by atoms with Crippen molar-refractivity contribution in [3.05, 3.63) is 66.0 Å². The number of H-pyrrole nitrogens is 1. The number of hydrogen-bond donors (Lipinski definition) is 2. The fourth-order valence-corrected chi connectivity index (χ4v) is 4.05. The van der Waals surface area contributed by atoms with Gasteiger partial charge in [-0.15, -0.1) is 12.4 Å². The van der Waals surface area contributed by atoms with Crippen molar-refractivity contribution in [2.24, 2.45) is 5.92 Å². The highest BCUT2D eigenvalue weighted by Crippen LogP contribution is 2.32. The Morgan fingerprint density at radius 1 is 1.22 bits per heavy atom. The van der Waals surface area contributed by atoms with Gasteiger partial charge in [-0.3, -0.25) is 14.3 Å².